The van der Waals surface area contributed by atoms with Crippen LogP contribution in [0.4, 0.5) is 0 Å². The van der Waals surface area contributed by atoms with Crippen molar-refractivity contribution >= 4 is 35.0 Å². The summed E-state index contributed by atoms with van der Waals surface area (Å²) in [6.07, 6.45) is 0. The number of nitrogens with zero attached hydrogens (tertiary/aromatic N) is 2. The fourth-order valence-corrected chi connectivity index (χ4v) is 3.11. The van der Waals surface area contributed by atoms with Crippen LogP contribution in [0.15, 0.2) is 42.5 Å². The molecule has 2 aromatic rings. The standard InChI is InChI=1S/C21H18Cl2N2O3/c1-28-17-6-4-16(5-7-17)21(27)25-12-10-24(11-13-25)20(26)9-3-15-2-8-18(22)19(23)14-15/h2,4-8,14H,10-13H2,1H3. The lowest BCUT2D eigenvalue weighted by Gasteiger charge is -2.33. The van der Waals surface area contributed by atoms with Crippen LogP contribution >= 0.6 is 23.2 Å². The zero-order chi connectivity index (χ0) is 20.1. The summed E-state index contributed by atoms with van der Waals surface area (Å²) in [7, 11) is 1.58. The molecule has 144 valence electrons. The molecule has 7 heteroatoms. The SMILES string of the molecule is COc1ccc(C(=O)N2CCN(C(=O)C#Cc3ccc(Cl)c(Cl)c3)CC2)cc1. The van der Waals surface area contributed by atoms with E-state index in [2.05, 4.69) is 11.8 Å². The molecule has 2 aromatic carbocycles. The molecule has 0 saturated carbocycles. The smallest absolute Gasteiger partial charge is 0.298 e. The molecule has 1 saturated heterocycles. The van der Waals surface area contributed by atoms with Crippen molar-refractivity contribution in [2.75, 3.05) is 33.3 Å². The molecular formula is C21H18Cl2N2O3. The summed E-state index contributed by atoms with van der Waals surface area (Å²) in [6, 6.07) is 12.0. The molecule has 5 nitrogen and oxygen atoms in total. The second-order valence-electron chi connectivity index (χ2n) is 6.19. The van der Waals surface area contributed by atoms with Crippen LogP contribution in [0.25, 0.3) is 0 Å². The predicted octanol–water partition coefficient (Wildman–Crippen LogP) is 3.34. The first-order chi connectivity index (χ1) is 13.5. The Morgan fingerprint density at radius 1 is 0.929 bits per heavy atom. The Labute approximate surface area is 173 Å². The fraction of sp³-hybridized carbons (Fsp3) is 0.238. The van der Waals surface area contributed by atoms with Crippen molar-refractivity contribution < 1.29 is 14.3 Å². The highest BCUT2D eigenvalue weighted by Crippen LogP contribution is 2.22. The Kier molecular flexibility index (Phi) is 6.45. The third-order valence-corrected chi connectivity index (χ3v) is 5.16. The number of methoxy groups -OCH3 is 1. The molecule has 0 N–H and O–H groups in total. The molecule has 3 rings (SSSR count). The average Bonchev–Trinajstić information content (AvgIpc) is 2.74. The van der Waals surface area contributed by atoms with Crippen LogP contribution in [0.5, 0.6) is 5.75 Å². The Morgan fingerprint density at radius 3 is 2.18 bits per heavy atom. The number of benzene rings is 2. The minimum absolute atomic E-state index is 0.0587. The molecule has 0 bridgehead atoms. The van der Waals surface area contributed by atoms with E-state index in [-0.39, 0.29) is 11.8 Å². The number of ether oxygens (including phenoxy) is 1. The lowest BCUT2D eigenvalue weighted by Crippen LogP contribution is -2.50. The first kappa shape index (κ1) is 20.1. The van der Waals surface area contributed by atoms with Gasteiger partial charge < -0.3 is 14.5 Å². The second-order valence-corrected chi connectivity index (χ2v) is 7.01. The van der Waals surface area contributed by atoms with E-state index in [1.165, 1.54) is 0 Å². The highest BCUT2D eigenvalue weighted by molar-refractivity contribution is 6.42. The normalized spacial score (nSPS) is 13.5. The summed E-state index contributed by atoms with van der Waals surface area (Å²) in [5.41, 5.74) is 1.22. The Hall–Kier alpha value is -2.68. The van der Waals surface area contributed by atoms with Gasteiger partial charge in [0.15, 0.2) is 0 Å². The minimum atomic E-state index is -0.275. The number of carbonyl (C=O) groups excluding carboxylic acids is 2. The summed E-state index contributed by atoms with van der Waals surface area (Å²) < 4.78 is 5.11. The summed E-state index contributed by atoms with van der Waals surface area (Å²) in [5.74, 6) is 5.79. The van der Waals surface area contributed by atoms with Gasteiger partial charge in [-0.15, -0.1) is 0 Å². The Bertz CT molecular complexity index is 940. The molecule has 0 atom stereocenters. The van der Waals surface area contributed by atoms with Crippen LogP contribution < -0.4 is 4.74 Å². The van der Waals surface area contributed by atoms with E-state index < -0.39 is 0 Å². The van der Waals surface area contributed by atoms with Gasteiger partial charge in [0.05, 0.1) is 17.2 Å². The van der Waals surface area contributed by atoms with Crippen molar-refractivity contribution in [3.63, 3.8) is 0 Å². The highest BCUT2D eigenvalue weighted by Gasteiger charge is 2.24. The average molecular weight is 417 g/mol. The molecule has 0 spiro atoms. The third kappa shape index (κ3) is 4.78. The monoisotopic (exact) mass is 416 g/mol. The highest BCUT2D eigenvalue weighted by atomic mass is 35.5. The Morgan fingerprint density at radius 2 is 1.57 bits per heavy atom. The van der Waals surface area contributed by atoms with E-state index in [9.17, 15) is 9.59 Å². The topological polar surface area (TPSA) is 49.9 Å². The molecule has 0 aromatic heterocycles. The van der Waals surface area contributed by atoms with Gasteiger partial charge in [-0.2, -0.15) is 0 Å². The van der Waals surface area contributed by atoms with E-state index in [4.69, 9.17) is 27.9 Å². The molecule has 0 aliphatic carbocycles. The first-order valence-electron chi connectivity index (χ1n) is 8.67. The summed E-state index contributed by atoms with van der Waals surface area (Å²) in [5, 5.41) is 0.836. The zero-order valence-electron chi connectivity index (χ0n) is 15.2. The van der Waals surface area contributed by atoms with Gasteiger partial charge in [-0.05, 0) is 42.5 Å². The first-order valence-corrected chi connectivity index (χ1v) is 9.43. The van der Waals surface area contributed by atoms with E-state index in [0.29, 0.717) is 53.1 Å². The molecule has 1 aliphatic heterocycles. The molecule has 28 heavy (non-hydrogen) atoms. The maximum Gasteiger partial charge on any atom is 0.298 e. The number of rotatable bonds is 2. The predicted molar refractivity (Wildman–Crippen MR) is 109 cm³/mol. The fourth-order valence-electron chi connectivity index (χ4n) is 2.81. The number of carbonyl (C=O) groups is 2. The maximum absolute atomic E-state index is 12.6. The van der Waals surface area contributed by atoms with Gasteiger partial charge in [0, 0.05) is 43.2 Å². The van der Waals surface area contributed by atoms with Crippen LogP contribution in [0, 0.1) is 11.8 Å². The summed E-state index contributed by atoms with van der Waals surface area (Å²) in [4.78, 5) is 28.3. The molecule has 1 heterocycles. The second kappa shape index (κ2) is 9.01. The minimum Gasteiger partial charge on any atom is -0.497 e. The van der Waals surface area contributed by atoms with Crippen molar-refractivity contribution in [2.45, 2.75) is 0 Å². The molecular weight excluding hydrogens is 399 g/mol. The van der Waals surface area contributed by atoms with Crippen molar-refractivity contribution in [3.8, 4) is 17.6 Å². The van der Waals surface area contributed by atoms with Crippen molar-refractivity contribution in [1.29, 1.82) is 0 Å². The van der Waals surface area contributed by atoms with Crippen molar-refractivity contribution in [2.24, 2.45) is 0 Å². The van der Waals surface area contributed by atoms with Crippen LogP contribution in [-0.4, -0.2) is 54.9 Å². The van der Waals surface area contributed by atoms with E-state index in [0.717, 1.165) is 0 Å². The van der Waals surface area contributed by atoms with Crippen LogP contribution in [0.3, 0.4) is 0 Å². The van der Waals surface area contributed by atoms with Gasteiger partial charge in [0.2, 0.25) is 0 Å². The van der Waals surface area contributed by atoms with Crippen molar-refractivity contribution in [1.82, 2.24) is 9.80 Å². The van der Waals surface area contributed by atoms with E-state index in [1.807, 2.05) is 0 Å². The largest absolute Gasteiger partial charge is 0.497 e. The van der Waals surface area contributed by atoms with Gasteiger partial charge in [-0.25, -0.2) is 0 Å². The van der Waals surface area contributed by atoms with E-state index in [1.54, 1.807) is 59.4 Å². The lowest BCUT2D eigenvalue weighted by molar-refractivity contribution is -0.126. The van der Waals surface area contributed by atoms with Crippen LogP contribution in [0.1, 0.15) is 15.9 Å². The number of amides is 2. The summed E-state index contributed by atoms with van der Waals surface area (Å²) in [6.45, 7) is 1.81. The molecule has 1 aliphatic rings. The summed E-state index contributed by atoms with van der Waals surface area (Å²) >= 11 is 11.8. The number of piperazine rings is 1. The van der Waals surface area contributed by atoms with Crippen LogP contribution in [-0.2, 0) is 4.79 Å². The Balaban J connectivity index is 1.57. The molecule has 1 fully saturated rings. The number of halogens is 2. The van der Waals surface area contributed by atoms with Gasteiger partial charge >= 0.3 is 0 Å². The molecule has 0 unspecified atom stereocenters. The maximum atomic E-state index is 12.6. The van der Waals surface area contributed by atoms with Gasteiger partial charge in [0.25, 0.3) is 11.8 Å². The molecule has 2 amide bonds. The third-order valence-electron chi connectivity index (χ3n) is 4.42. The van der Waals surface area contributed by atoms with Crippen LogP contribution in [0.2, 0.25) is 10.0 Å². The zero-order valence-corrected chi connectivity index (χ0v) is 16.8. The number of hydrogen-bond donors (Lipinski definition) is 0. The molecule has 0 radical (unpaired) electrons. The van der Waals surface area contributed by atoms with Gasteiger partial charge in [-0.1, -0.05) is 29.1 Å². The van der Waals surface area contributed by atoms with E-state index >= 15 is 0 Å². The van der Waals surface area contributed by atoms with Gasteiger partial charge in [0.1, 0.15) is 5.75 Å². The number of hydrogen-bond acceptors (Lipinski definition) is 3. The van der Waals surface area contributed by atoms with Crippen molar-refractivity contribution in [3.05, 3.63) is 63.6 Å². The quantitative estimate of drug-likeness (QED) is 0.705. The van der Waals surface area contributed by atoms with Gasteiger partial charge in [-0.3, -0.25) is 9.59 Å². The lowest BCUT2D eigenvalue weighted by atomic mass is 10.1.